The monoisotopic (exact) mass is 302 g/mol. The van der Waals surface area contributed by atoms with E-state index in [1.165, 1.54) is 6.21 Å². The third kappa shape index (κ3) is 4.37. The topological polar surface area (TPSA) is 73.1 Å². The van der Waals surface area contributed by atoms with Gasteiger partial charge < -0.3 is 13.9 Å². The molecule has 0 aliphatic rings. The number of hydrogen-bond donors (Lipinski definition) is 1. The minimum atomic E-state index is -0.343. The third-order valence-corrected chi connectivity index (χ3v) is 2.90. The van der Waals surface area contributed by atoms with Crippen LogP contribution in [0.1, 0.15) is 17.1 Å². The predicted octanol–water partition coefficient (Wildman–Crippen LogP) is 2.43. The van der Waals surface area contributed by atoms with Gasteiger partial charge in [-0.2, -0.15) is 5.10 Å². The molecule has 6 nitrogen and oxygen atoms in total. The first-order chi connectivity index (χ1) is 10.6. The van der Waals surface area contributed by atoms with Gasteiger partial charge in [0.1, 0.15) is 23.0 Å². The van der Waals surface area contributed by atoms with Gasteiger partial charge in [-0.15, -0.1) is 0 Å². The second kappa shape index (κ2) is 7.31. The lowest BCUT2D eigenvalue weighted by Gasteiger charge is -2.05. The van der Waals surface area contributed by atoms with Gasteiger partial charge >= 0.3 is 0 Å². The number of nitrogens with one attached hydrogen (secondary N) is 1. The van der Waals surface area contributed by atoms with Crippen molar-refractivity contribution >= 4 is 12.1 Å². The van der Waals surface area contributed by atoms with Gasteiger partial charge in [0, 0.05) is 5.56 Å². The molecule has 1 aromatic heterocycles. The molecule has 0 radical (unpaired) electrons. The molecule has 0 aliphatic carbocycles. The third-order valence-electron chi connectivity index (χ3n) is 2.90. The average Bonchev–Trinajstić information content (AvgIpc) is 2.83. The Labute approximate surface area is 128 Å². The van der Waals surface area contributed by atoms with Gasteiger partial charge in [-0.1, -0.05) is 0 Å². The van der Waals surface area contributed by atoms with Crippen LogP contribution in [-0.2, 0) is 4.79 Å². The van der Waals surface area contributed by atoms with E-state index in [-0.39, 0.29) is 12.5 Å². The van der Waals surface area contributed by atoms with Gasteiger partial charge in [0.15, 0.2) is 6.61 Å². The quantitative estimate of drug-likeness (QED) is 0.657. The number of carbonyl (C=O) groups is 1. The Hall–Kier alpha value is -2.76. The van der Waals surface area contributed by atoms with Gasteiger partial charge in [0.25, 0.3) is 5.91 Å². The van der Waals surface area contributed by atoms with Crippen molar-refractivity contribution in [2.75, 3.05) is 13.7 Å². The normalized spacial score (nSPS) is 10.7. The van der Waals surface area contributed by atoms with E-state index >= 15 is 0 Å². The molecular weight excluding hydrogens is 284 g/mol. The van der Waals surface area contributed by atoms with Gasteiger partial charge in [-0.3, -0.25) is 4.79 Å². The lowest BCUT2D eigenvalue weighted by molar-refractivity contribution is -0.123. The van der Waals surface area contributed by atoms with E-state index in [0.717, 1.165) is 22.8 Å². The molecule has 0 fully saturated rings. The molecule has 2 rings (SSSR count). The summed E-state index contributed by atoms with van der Waals surface area (Å²) in [4.78, 5) is 11.6. The zero-order chi connectivity index (χ0) is 15.9. The molecule has 1 amide bonds. The zero-order valence-electron chi connectivity index (χ0n) is 12.8. The van der Waals surface area contributed by atoms with Crippen LogP contribution in [0.5, 0.6) is 11.5 Å². The van der Waals surface area contributed by atoms with E-state index in [1.807, 2.05) is 19.9 Å². The van der Waals surface area contributed by atoms with Gasteiger partial charge in [-0.05, 0) is 44.2 Å². The number of aryl methyl sites for hydroxylation is 2. The maximum atomic E-state index is 11.6. The fraction of sp³-hybridized carbons (Fsp3) is 0.250. The average molecular weight is 302 g/mol. The van der Waals surface area contributed by atoms with Crippen LogP contribution in [0.15, 0.2) is 39.9 Å². The minimum Gasteiger partial charge on any atom is -0.497 e. The highest BCUT2D eigenvalue weighted by molar-refractivity contribution is 5.83. The van der Waals surface area contributed by atoms with Crippen LogP contribution in [0.4, 0.5) is 0 Å². The summed E-state index contributed by atoms with van der Waals surface area (Å²) in [6.07, 6.45) is 1.54. The molecule has 0 atom stereocenters. The first-order valence-electron chi connectivity index (χ1n) is 6.74. The summed E-state index contributed by atoms with van der Waals surface area (Å²) in [5, 5.41) is 3.87. The minimum absolute atomic E-state index is 0.118. The van der Waals surface area contributed by atoms with Crippen molar-refractivity contribution in [3.8, 4) is 11.5 Å². The molecule has 1 heterocycles. The van der Waals surface area contributed by atoms with E-state index in [1.54, 1.807) is 31.4 Å². The molecule has 116 valence electrons. The highest BCUT2D eigenvalue weighted by Gasteiger charge is 2.03. The highest BCUT2D eigenvalue weighted by atomic mass is 16.5. The standard InChI is InChI=1S/C16H18N2O4/c1-11-8-13(12(2)22-11)9-17-18-16(19)10-21-15-6-4-14(20-3)5-7-15/h4-9H,10H2,1-3H3,(H,18,19)/b17-9-. The van der Waals surface area contributed by atoms with Crippen LogP contribution in [0.3, 0.4) is 0 Å². The first-order valence-corrected chi connectivity index (χ1v) is 6.74. The number of hydrazone groups is 1. The second-order valence-electron chi connectivity index (χ2n) is 4.63. The molecule has 22 heavy (non-hydrogen) atoms. The van der Waals surface area contributed by atoms with Crippen molar-refractivity contribution in [2.45, 2.75) is 13.8 Å². The van der Waals surface area contributed by atoms with Crippen LogP contribution in [-0.4, -0.2) is 25.8 Å². The van der Waals surface area contributed by atoms with Crippen LogP contribution in [0, 0.1) is 13.8 Å². The molecule has 0 spiro atoms. The Morgan fingerprint density at radius 2 is 1.95 bits per heavy atom. The van der Waals surface area contributed by atoms with Crippen molar-refractivity contribution in [3.05, 3.63) is 47.4 Å². The number of rotatable bonds is 6. The van der Waals surface area contributed by atoms with E-state index in [9.17, 15) is 4.79 Å². The molecule has 0 aliphatic heterocycles. The Morgan fingerprint density at radius 1 is 1.27 bits per heavy atom. The summed E-state index contributed by atoms with van der Waals surface area (Å²) in [5.41, 5.74) is 3.23. The summed E-state index contributed by atoms with van der Waals surface area (Å²) in [7, 11) is 1.59. The molecule has 0 saturated carbocycles. The summed E-state index contributed by atoms with van der Waals surface area (Å²) < 4.78 is 15.7. The smallest absolute Gasteiger partial charge is 0.277 e. The van der Waals surface area contributed by atoms with Gasteiger partial charge in [-0.25, -0.2) is 5.43 Å². The Morgan fingerprint density at radius 3 is 2.55 bits per heavy atom. The lowest BCUT2D eigenvalue weighted by atomic mass is 10.3. The van der Waals surface area contributed by atoms with Crippen LogP contribution < -0.4 is 14.9 Å². The van der Waals surface area contributed by atoms with Crippen molar-refractivity contribution in [1.82, 2.24) is 5.43 Å². The fourth-order valence-corrected chi connectivity index (χ4v) is 1.81. The lowest BCUT2D eigenvalue weighted by Crippen LogP contribution is -2.24. The molecule has 0 saturated heterocycles. The summed E-state index contributed by atoms with van der Waals surface area (Å²) >= 11 is 0. The van der Waals surface area contributed by atoms with Crippen molar-refractivity contribution < 1.29 is 18.7 Å². The number of carbonyl (C=O) groups excluding carboxylic acids is 1. The van der Waals surface area contributed by atoms with Crippen LogP contribution in [0.25, 0.3) is 0 Å². The number of furan rings is 1. The SMILES string of the molecule is COc1ccc(OCC(=O)N/N=C\c2cc(C)oc2C)cc1. The number of amides is 1. The maximum Gasteiger partial charge on any atom is 0.277 e. The highest BCUT2D eigenvalue weighted by Crippen LogP contribution is 2.16. The van der Waals surface area contributed by atoms with Crippen molar-refractivity contribution in [3.63, 3.8) is 0 Å². The number of hydrogen-bond acceptors (Lipinski definition) is 5. The van der Waals surface area contributed by atoms with Gasteiger partial charge in [0.2, 0.25) is 0 Å². The van der Waals surface area contributed by atoms with Gasteiger partial charge in [0.05, 0.1) is 13.3 Å². The first kappa shape index (κ1) is 15.6. The molecule has 1 aromatic carbocycles. The molecule has 2 aromatic rings. The number of methoxy groups -OCH3 is 1. The van der Waals surface area contributed by atoms with Crippen LogP contribution >= 0.6 is 0 Å². The molecule has 0 bridgehead atoms. The molecule has 6 heteroatoms. The Bertz CT molecular complexity index is 659. The van der Waals surface area contributed by atoms with E-state index in [2.05, 4.69) is 10.5 Å². The summed E-state index contributed by atoms with van der Waals surface area (Å²) in [6, 6.07) is 8.82. The zero-order valence-corrected chi connectivity index (χ0v) is 12.8. The van der Waals surface area contributed by atoms with E-state index in [0.29, 0.717) is 5.75 Å². The number of ether oxygens (including phenoxy) is 2. The second-order valence-corrected chi connectivity index (χ2v) is 4.63. The molecular formula is C16H18N2O4. The number of benzene rings is 1. The Kier molecular flexibility index (Phi) is 5.19. The summed E-state index contributed by atoms with van der Waals surface area (Å²) in [6.45, 7) is 3.57. The fourth-order valence-electron chi connectivity index (χ4n) is 1.81. The predicted molar refractivity (Wildman–Crippen MR) is 82.4 cm³/mol. The summed E-state index contributed by atoms with van der Waals surface area (Å²) in [5.74, 6) is 2.52. The van der Waals surface area contributed by atoms with Crippen molar-refractivity contribution in [2.24, 2.45) is 5.10 Å². The van der Waals surface area contributed by atoms with Crippen LogP contribution in [0.2, 0.25) is 0 Å². The Balaban J connectivity index is 1.79. The van der Waals surface area contributed by atoms with Crippen molar-refractivity contribution in [1.29, 1.82) is 0 Å². The molecule has 0 unspecified atom stereocenters. The molecule has 1 N–H and O–H groups in total. The number of nitrogens with zero attached hydrogens (tertiary/aromatic N) is 1. The van der Waals surface area contributed by atoms with E-state index in [4.69, 9.17) is 13.9 Å². The van der Waals surface area contributed by atoms with E-state index < -0.39 is 0 Å². The maximum absolute atomic E-state index is 11.6. The largest absolute Gasteiger partial charge is 0.497 e.